The summed E-state index contributed by atoms with van der Waals surface area (Å²) in [5.41, 5.74) is 7.94. The van der Waals surface area contributed by atoms with Gasteiger partial charge in [0.2, 0.25) is 0 Å². The summed E-state index contributed by atoms with van der Waals surface area (Å²) in [5, 5.41) is 7.64. The summed E-state index contributed by atoms with van der Waals surface area (Å²) in [6.07, 6.45) is 5.69. The number of rotatable bonds is 7. The van der Waals surface area contributed by atoms with E-state index in [2.05, 4.69) is 32.3 Å². The van der Waals surface area contributed by atoms with Gasteiger partial charge in [0.25, 0.3) is 0 Å². The molecule has 1 fully saturated rings. The molecular formula is C19H25FN8O. The lowest BCUT2D eigenvalue weighted by Gasteiger charge is -2.28. The Morgan fingerprint density at radius 1 is 1.24 bits per heavy atom. The second-order valence-electron chi connectivity index (χ2n) is 7.03. The van der Waals surface area contributed by atoms with E-state index in [0.717, 1.165) is 50.3 Å². The number of imidazole rings is 1. The summed E-state index contributed by atoms with van der Waals surface area (Å²) in [5.74, 6) is 0.318. The Labute approximate surface area is 168 Å². The van der Waals surface area contributed by atoms with Gasteiger partial charge in [0.15, 0.2) is 23.1 Å². The van der Waals surface area contributed by atoms with Crippen molar-refractivity contribution in [2.24, 2.45) is 0 Å². The minimum atomic E-state index is -0.323. The van der Waals surface area contributed by atoms with Crippen LogP contribution in [-0.2, 0) is 6.42 Å². The summed E-state index contributed by atoms with van der Waals surface area (Å²) >= 11 is 0. The zero-order valence-electron chi connectivity index (χ0n) is 16.4. The van der Waals surface area contributed by atoms with Crippen LogP contribution in [0.1, 0.15) is 31.0 Å². The van der Waals surface area contributed by atoms with E-state index in [4.69, 9.17) is 10.5 Å². The average Bonchev–Trinajstić information content (AvgIpc) is 3.12. The van der Waals surface area contributed by atoms with Crippen molar-refractivity contribution < 1.29 is 9.13 Å². The summed E-state index contributed by atoms with van der Waals surface area (Å²) < 4.78 is 21.8. The van der Waals surface area contributed by atoms with Crippen LogP contribution in [0, 0.1) is 5.82 Å². The van der Waals surface area contributed by atoms with Crippen molar-refractivity contribution in [1.29, 1.82) is 0 Å². The van der Waals surface area contributed by atoms with E-state index in [1.165, 1.54) is 6.07 Å². The number of unbranched alkanes of at least 4 members (excludes halogenated alkanes) is 1. The van der Waals surface area contributed by atoms with Crippen LogP contribution in [-0.4, -0.2) is 57.4 Å². The number of nitrogen functional groups attached to an aromatic ring is 1. The summed E-state index contributed by atoms with van der Waals surface area (Å²) in [6.45, 7) is 5.74. The molecule has 0 amide bonds. The van der Waals surface area contributed by atoms with E-state index < -0.39 is 0 Å². The van der Waals surface area contributed by atoms with Crippen LogP contribution in [0.2, 0.25) is 0 Å². The predicted octanol–water partition coefficient (Wildman–Crippen LogP) is 1.42. The van der Waals surface area contributed by atoms with Gasteiger partial charge in [-0.05, 0) is 18.1 Å². The van der Waals surface area contributed by atoms with Crippen molar-refractivity contribution in [3.63, 3.8) is 0 Å². The number of anilines is 2. The van der Waals surface area contributed by atoms with E-state index in [1.54, 1.807) is 16.9 Å². The summed E-state index contributed by atoms with van der Waals surface area (Å²) in [7, 11) is 0. The number of nitrogens with two attached hydrogens (primary N) is 1. The summed E-state index contributed by atoms with van der Waals surface area (Å²) in [6, 6.07) is 1.73. The quantitative estimate of drug-likeness (QED) is 0.574. The lowest BCUT2D eigenvalue weighted by Crippen LogP contribution is -2.44. The molecule has 154 valence electrons. The molecule has 0 unspecified atom stereocenters. The number of ether oxygens (including phenoxy) is 1. The van der Waals surface area contributed by atoms with Crippen LogP contribution < -0.4 is 20.7 Å². The zero-order chi connectivity index (χ0) is 20.2. The molecule has 1 aliphatic rings. The van der Waals surface area contributed by atoms with Gasteiger partial charge in [0.05, 0.1) is 18.5 Å². The van der Waals surface area contributed by atoms with Gasteiger partial charge in [-0.2, -0.15) is 4.98 Å². The molecule has 0 spiro atoms. The van der Waals surface area contributed by atoms with E-state index in [1.807, 2.05) is 4.90 Å². The molecule has 3 aromatic heterocycles. The van der Waals surface area contributed by atoms with Gasteiger partial charge < -0.3 is 20.7 Å². The number of aromatic nitrogens is 5. The Bertz CT molecular complexity index is 986. The Hall–Kier alpha value is -3.01. The third kappa shape index (κ3) is 4.21. The fraction of sp³-hybridized carbons (Fsp3) is 0.474. The van der Waals surface area contributed by atoms with Crippen molar-refractivity contribution in [3.8, 4) is 6.01 Å². The number of nitrogens with one attached hydrogen (secondary N) is 1. The van der Waals surface area contributed by atoms with Crippen LogP contribution in [0.5, 0.6) is 6.01 Å². The standard InChI is InChI=1S/C19H25FN8O/c1-2-3-8-29-19-25-16(21)18-24-12-14(28(18)26-19)9-13-10-15(20)17(23-11-13)27-6-4-22-5-7-27/h10-12,22H,2-9H2,1H3,(H2,21,25,26). The Morgan fingerprint density at radius 3 is 2.83 bits per heavy atom. The number of hydrogen-bond donors (Lipinski definition) is 2. The first-order valence-corrected chi connectivity index (χ1v) is 9.88. The van der Waals surface area contributed by atoms with E-state index in [9.17, 15) is 4.39 Å². The van der Waals surface area contributed by atoms with Crippen LogP contribution in [0.4, 0.5) is 16.0 Å². The van der Waals surface area contributed by atoms with Crippen molar-refractivity contribution in [1.82, 2.24) is 29.9 Å². The molecular weight excluding hydrogens is 375 g/mol. The first-order chi connectivity index (χ1) is 14.2. The molecule has 0 aromatic carbocycles. The molecule has 3 aromatic rings. The molecule has 10 heteroatoms. The lowest BCUT2D eigenvalue weighted by atomic mass is 10.1. The molecule has 0 radical (unpaired) electrons. The monoisotopic (exact) mass is 400 g/mol. The first-order valence-electron chi connectivity index (χ1n) is 9.88. The van der Waals surface area contributed by atoms with Crippen LogP contribution in [0.25, 0.3) is 5.65 Å². The number of fused-ring (bicyclic) bond motifs is 1. The van der Waals surface area contributed by atoms with Crippen LogP contribution in [0.3, 0.4) is 0 Å². The minimum Gasteiger partial charge on any atom is -0.462 e. The Balaban J connectivity index is 1.56. The maximum atomic E-state index is 14.7. The highest BCUT2D eigenvalue weighted by Gasteiger charge is 2.17. The third-order valence-electron chi connectivity index (χ3n) is 4.85. The van der Waals surface area contributed by atoms with E-state index >= 15 is 0 Å². The lowest BCUT2D eigenvalue weighted by molar-refractivity contribution is 0.280. The van der Waals surface area contributed by atoms with Crippen molar-refractivity contribution >= 4 is 17.3 Å². The van der Waals surface area contributed by atoms with E-state index in [0.29, 0.717) is 24.5 Å². The van der Waals surface area contributed by atoms with Gasteiger partial charge in [-0.3, -0.25) is 0 Å². The highest BCUT2D eigenvalue weighted by molar-refractivity contribution is 5.59. The van der Waals surface area contributed by atoms with Crippen LogP contribution in [0.15, 0.2) is 18.5 Å². The molecule has 1 aliphatic heterocycles. The first kappa shape index (κ1) is 19.3. The van der Waals surface area contributed by atoms with E-state index in [-0.39, 0.29) is 17.6 Å². The van der Waals surface area contributed by atoms with Gasteiger partial charge in [0, 0.05) is 38.8 Å². The van der Waals surface area contributed by atoms with Gasteiger partial charge in [-0.15, -0.1) is 5.10 Å². The fourth-order valence-electron chi connectivity index (χ4n) is 3.30. The van der Waals surface area contributed by atoms with Gasteiger partial charge >= 0.3 is 6.01 Å². The third-order valence-corrected chi connectivity index (χ3v) is 4.85. The second-order valence-corrected chi connectivity index (χ2v) is 7.03. The van der Waals surface area contributed by atoms with Gasteiger partial charge in [-0.25, -0.2) is 18.9 Å². The number of nitrogens with zero attached hydrogens (tertiary/aromatic N) is 6. The van der Waals surface area contributed by atoms with Gasteiger partial charge in [-0.1, -0.05) is 13.3 Å². The van der Waals surface area contributed by atoms with Crippen LogP contribution >= 0.6 is 0 Å². The van der Waals surface area contributed by atoms with Crippen molar-refractivity contribution in [2.75, 3.05) is 43.4 Å². The normalized spacial score (nSPS) is 14.5. The molecule has 4 heterocycles. The number of piperazine rings is 1. The van der Waals surface area contributed by atoms with Crippen molar-refractivity contribution in [2.45, 2.75) is 26.2 Å². The van der Waals surface area contributed by atoms with Crippen molar-refractivity contribution in [3.05, 3.63) is 35.5 Å². The highest BCUT2D eigenvalue weighted by Crippen LogP contribution is 2.21. The number of hydrogen-bond acceptors (Lipinski definition) is 8. The maximum absolute atomic E-state index is 14.7. The second kappa shape index (κ2) is 8.56. The molecule has 4 rings (SSSR count). The Kier molecular flexibility index (Phi) is 5.70. The molecule has 3 N–H and O–H groups in total. The smallest absolute Gasteiger partial charge is 0.336 e. The minimum absolute atomic E-state index is 0.209. The average molecular weight is 400 g/mol. The molecule has 1 saturated heterocycles. The molecule has 29 heavy (non-hydrogen) atoms. The van der Waals surface area contributed by atoms with Gasteiger partial charge in [0.1, 0.15) is 0 Å². The maximum Gasteiger partial charge on any atom is 0.336 e. The highest BCUT2D eigenvalue weighted by atomic mass is 19.1. The molecule has 0 atom stereocenters. The summed E-state index contributed by atoms with van der Waals surface area (Å²) in [4.78, 5) is 14.8. The number of halogens is 1. The number of pyridine rings is 1. The fourth-order valence-corrected chi connectivity index (χ4v) is 3.30. The molecule has 0 bridgehead atoms. The Morgan fingerprint density at radius 2 is 2.07 bits per heavy atom. The molecule has 9 nitrogen and oxygen atoms in total. The molecule has 0 saturated carbocycles. The molecule has 0 aliphatic carbocycles. The predicted molar refractivity (Wildman–Crippen MR) is 108 cm³/mol. The largest absolute Gasteiger partial charge is 0.462 e. The SMILES string of the molecule is CCCCOc1nc(N)c2ncc(Cc3cnc(N4CCNCC4)c(F)c3)n2n1. The zero-order valence-corrected chi connectivity index (χ0v) is 16.4. The topological polar surface area (TPSA) is 106 Å².